The number of benzene rings is 1. The molecular weight excluding hydrogens is 433 g/mol. The van der Waals surface area contributed by atoms with E-state index in [1.54, 1.807) is 12.1 Å². The molecule has 3 rings (SSSR count). The zero-order valence-electron chi connectivity index (χ0n) is 11.2. The summed E-state index contributed by atoms with van der Waals surface area (Å²) >= 11 is 8.41. The molecule has 0 spiro atoms. The Balaban J connectivity index is 1.64. The van der Waals surface area contributed by atoms with Gasteiger partial charge in [-0.15, -0.1) is 0 Å². The summed E-state index contributed by atoms with van der Waals surface area (Å²) in [7, 11) is 0. The van der Waals surface area contributed by atoms with Gasteiger partial charge in [0.2, 0.25) is 0 Å². The molecule has 0 unspecified atom stereocenters. The predicted molar refractivity (Wildman–Crippen MR) is 98.5 cm³/mol. The van der Waals surface area contributed by atoms with Crippen molar-refractivity contribution in [1.29, 1.82) is 0 Å². The first-order valence-corrected chi connectivity index (χ1v) is 8.62. The maximum atomic E-state index is 11.6. The van der Waals surface area contributed by atoms with Crippen LogP contribution in [-0.4, -0.2) is 10.2 Å². The topological polar surface area (TPSA) is 51.5 Å². The Morgan fingerprint density at radius 1 is 1.27 bits per heavy atom. The highest BCUT2D eigenvalue weighted by molar-refractivity contribution is 14.1. The van der Waals surface area contributed by atoms with Crippen LogP contribution in [0.25, 0.3) is 6.08 Å². The van der Waals surface area contributed by atoms with Crippen LogP contribution in [0.1, 0.15) is 11.5 Å². The number of carbonyl (C=O) groups is 1. The second kappa shape index (κ2) is 6.84. The average Bonchev–Trinajstić information content (AvgIpc) is 3.05. The maximum Gasteiger partial charge on any atom is 0.263 e. The van der Waals surface area contributed by atoms with Crippen LogP contribution >= 0.6 is 46.6 Å². The molecule has 1 aliphatic rings. The summed E-state index contributed by atoms with van der Waals surface area (Å²) in [4.78, 5) is 12.1. The molecule has 1 amide bonds. The molecule has 0 radical (unpaired) electrons. The number of nitrogens with one attached hydrogen (secondary N) is 1. The maximum absolute atomic E-state index is 11.6. The van der Waals surface area contributed by atoms with E-state index in [-0.39, 0.29) is 5.91 Å². The Morgan fingerprint density at radius 2 is 2.05 bits per heavy atom. The van der Waals surface area contributed by atoms with Crippen LogP contribution in [-0.2, 0) is 11.4 Å². The summed E-state index contributed by atoms with van der Waals surface area (Å²) in [5.74, 6) is 1.89. The second-order valence-corrected chi connectivity index (χ2v) is 7.36. The quantitative estimate of drug-likeness (QED) is 0.441. The lowest BCUT2D eigenvalue weighted by molar-refractivity contribution is -0.115. The number of furan rings is 1. The van der Waals surface area contributed by atoms with Crippen molar-refractivity contribution in [2.24, 2.45) is 0 Å². The number of rotatable bonds is 4. The summed E-state index contributed by atoms with van der Waals surface area (Å²) in [6.45, 7) is 0.335. The van der Waals surface area contributed by atoms with Crippen molar-refractivity contribution in [3.63, 3.8) is 0 Å². The Labute approximate surface area is 150 Å². The summed E-state index contributed by atoms with van der Waals surface area (Å²) in [5, 5.41) is 2.57. The lowest BCUT2D eigenvalue weighted by atomic mass is 10.3. The van der Waals surface area contributed by atoms with Crippen molar-refractivity contribution < 1.29 is 13.9 Å². The molecule has 4 nitrogen and oxygen atoms in total. The van der Waals surface area contributed by atoms with Gasteiger partial charge in [-0.1, -0.05) is 24.0 Å². The largest absolute Gasteiger partial charge is 0.486 e. The highest BCUT2D eigenvalue weighted by Crippen LogP contribution is 2.26. The van der Waals surface area contributed by atoms with Crippen LogP contribution in [0.4, 0.5) is 0 Å². The van der Waals surface area contributed by atoms with Gasteiger partial charge < -0.3 is 14.5 Å². The fourth-order valence-electron chi connectivity index (χ4n) is 1.79. The highest BCUT2D eigenvalue weighted by atomic mass is 127. The molecular formula is C15H10INO3S2. The van der Waals surface area contributed by atoms with Gasteiger partial charge in [0.05, 0.1) is 4.91 Å². The van der Waals surface area contributed by atoms with E-state index in [9.17, 15) is 4.79 Å². The summed E-state index contributed by atoms with van der Waals surface area (Å²) in [5.41, 5.74) is 0. The van der Waals surface area contributed by atoms with E-state index in [0.717, 1.165) is 9.32 Å². The van der Waals surface area contributed by atoms with Crippen LogP contribution in [0.3, 0.4) is 0 Å². The van der Waals surface area contributed by atoms with Gasteiger partial charge in [0.25, 0.3) is 5.91 Å². The number of carbonyl (C=O) groups excluding carboxylic acids is 1. The molecule has 1 fully saturated rings. The first-order valence-electron chi connectivity index (χ1n) is 6.32. The molecule has 22 heavy (non-hydrogen) atoms. The van der Waals surface area contributed by atoms with Crippen LogP contribution < -0.4 is 10.1 Å². The van der Waals surface area contributed by atoms with E-state index in [1.165, 1.54) is 11.8 Å². The fraction of sp³-hybridized carbons (Fsp3) is 0.0667. The average molecular weight is 443 g/mol. The molecule has 1 aliphatic heterocycles. The third-order valence-corrected chi connectivity index (χ3v) is 4.67. The molecule has 1 saturated heterocycles. The number of hydrogen-bond donors (Lipinski definition) is 1. The Hall–Kier alpha value is -1.32. The van der Waals surface area contributed by atoms with Gasteiger partial charge >= 0.3 is 0 Å². The lowest BCUT2D eigenvalue weighted by Crippen LogP contribution is -2.17. The van der Waals surface area contributed by atoms with E-state index in [4.69, 9.17) is 21.4 Å². The number of ether oxygens (including phenoxy) is 1. The van der Waals surface area contributed by atoms with Crippen molar-refractivity contribution in [3.8, 4) is 5.75 Å². The molecule has 0 atom stereocenters. The number of amides is 1. The van der Waals surface area contributed by atoms with Gasteiger partial charge in [-0.2, -0.15) is 0 Å². The van der Waals surface area contributed by atoms with Crippen LogP contribution in [0.2, 0.25) is 0 Å². The third kappa shape index (κ3) is 3.90. The molecule has 0 aliphatic carbocycles. The van der Waals surface area contributed by atoms with E-state index in [0.29, 0.717) is 27.4 Å². The van der Waals surface area contributed by atoms with Gasteiger partial charge in [-0.25, -0.2) is 0 Å². The van der Waals surface area contributed by atoms with Crippen molar-refractivity contribution in [2.45, 2.75) is 6.61 Å². The minimum atomic E-state index is -0.192. The van der Waals surface area contributed by atoms with Crippen molar-refractivity contribution in [1.82, 2.24) is 5.32 Å². The zero-order valence-corrected chi connectivity index (χ0v) is 15.0. The SMILES string of the molecule is O=C1NC(=S)SC1=Cc1ccc(COc2ccc(I)cc2)o1. The molecule has 2 aromatic rings. The van der Waals surface area contributed by atoms with E-state index >= 15 is 0 Å². The molecule has 1 aromatic carbocycles. The standard InChI is InChI=1S/C15H10INO3S2/c16-9-1-3-10(4-2-9)19-8-12-6-5-11(20-12)7-13-14(18)17-15(21)22-13/h1-7H,8H2,(H,17,18,21). The molecule has 1 N–H and O–H groups in total. The number of thiocarbonyl (C=S) groups is 1. The summed E-state index contributed by atoms with van der Waals surface area (Å²) in [6, 6.07) is 11.4. The monoisotopic (exact) mass is 443 g/mol. The number of hydrogen-bond acceptors (Lipinski definition) is 5. The van der Waals surface area contributed by atoms with Crippen LogP contribution in [0.5, 0.6) is 5.75 Å². The molecule has 0 saturated carbocycles. The van der Waals surface area contributed by atoms with Gasteiger partial charge in [0, 0.05) is 9.65 Å². The Morgan fingerprint density at radius 3 is 2.73 bits per heavy atom. The molecule has 112 valence electrons. The Bertz CT molecular complexity index is 752. The summed E-state index contributed by atoms with van der Waals surface area (Å²) in [6.07, 6.45) is 1.67. The number of thioether (sulfide) groups is 1. The van der Waals surface area contributed by atoms with Crippen molar-refractivity contribution in [2.75, 3.05) is 0 Å². The van der Waals surface area contributed by atoms with Crippen molar-refractivity contribution >= 4 is 62.9 Å². The van der Waals surface area contributed by atoms with E-state index in [2.05, 4.69) is 27.9 Å². The highest BCUT2D eigenvalue weighted by Gasteiger charge is 2.22. The first-order chi connectivity index (χ1) is 10.6. The minimum absolute atomic E-state index is 0.192. The van der Waals surface area contributed by atoms with Gasteiger partial charge in [-0.3, -0.25) is 4.79 Å². The second-order valence-electron chi connectivity index (χ2n) is 4.40. The van der Waals surface area contributed by atoms with E-state index in [1.807, 2.05) is 30.3 Å². The van der Waals surface area contributed by atoms with Crippen LogP contribution in [0.15, 0.2) is 45.7 Å². The molecule has 0 bridgehead atoms. The Kier molecular flexibility index (Phi) is 4.84. The zero-order chi connectivity index (χ0) is 15.5. The smallest absolute Gasteiger partial charge is 0.263 e. The van der Waals surface area contributed by atoms with Gasteiger partial charge in [-0.05, 0) is 59.0 Å². The van der Waals surface area contributed by atoms with E-state index < -0.39 is 0 Å². The van der Waals surface area contributed by atoms with Gasteiger partial charge in [0.1, 0.15) is 28.2 Å². The predicted octanol–water partition coefficient (Wildman–Crippen LogP) is 3.95. The molecule has 1 aromatic heterocycles. The summed E-state index contributed by atoms with van der Waals surface area (Å²) < 4.78 is 12.9. The molecule has 2 heterocycles. The fourth-order valence-corrected chi connectivity index (χ4v) is 3.17. The van der Waals surface area contributed by atoms with Crippen molar-refractivity contribution in [3.05, 3.63) is 56.4 Å². The van der Waals surface area contributed by atoms with Crippen LogP contribution in [0, 0.1) is 3.57 Å². The minimum Gasteiger partial charge on any atom is -0.486 e. The van der Waals surface area contributed by atoms with Gasteiger partial charge in [0.15, 0.2) is 0 Å². The first kappa shape index (κ1) is 15.6. The molecule has 7 heteroatoms. The number of halogens is 1. The lowest BCUT2D eigenvalue weighted by Gasteiger charge is -2.03. The normalized spacial score (nSPS) is 16.1. The third-order valence-electron chi connectivity index (χ3n) is 2.79.